The van der Waals surface area contributed by atoms with Gasteiger partial charge in [-0.1, -0.05) is 12.1 Å². The van der Waals surface area contributed by atoms with Crippen LogP contribution in [0.1, 0.15) is 17.0 Å². The lowest BCUT2D eigenvalue weighted by atomic mass is 10.2. The third-order valence-electron chi connectivity index (χ3n) is 3.17. The van der Waals surface area contributed by atoms with Crippen LogP contribution in [0.2, 0.25) is 0 Å². The van der Waals surface area contributed by atoms with Crippen LogP contribution >= 0.6 is 0 Å². The number of benzene rings is 1. The average Bonchev–Trinajstić information content (AvgIpc) is 3.06. The number of hydrogen-bond acceptors (Lipinski definition) is 6. The highest BCUT2D eigenvalue weighted by Gasteiger charge is 2.06. The lowest BCUT2D eigenvalue weighted by Crippen LogP contribution is -2.06. The first-order valence-corrected chi connectivity index (χ1v) is 7.13. The SMILES string of the molecule is Cc1cc(Nc2ccccc2C#N)nc(NCc2ccco2)n1. The van der Waals surface area contributed by atoms with Crippen molar-refractivity contribution in [1.82, 2.24) is 9.97 Å². The fourth-order valence-corrected chi connectivity index (χ4v) is 2.12. The van der Waals surface area contributed by atoms with Gasteiger partial charge in [0.25, 0.3) is 0 Å². The number of anilines is 3. The Hall–Kier alpha value is -3.33. The van der Waals surface area contributed by atoms with E-state index in [1.165, 1.54) is 0 Å². The second-order valence-electron chi connectivity index (χ2n) is 4.93. The van der Waals surface area contributed by atoms with E-state index in [1.807, 2.05) is 43.3 Å². The fourth-order valence-electron chi connectivity index (χ4n) is 2.12. The standard InChI is InChI=1S/C17H15N5O/c1-12-9-16(21-15-7-3-2-5-13(15)10-18)22-17(20-12)19-11-14-6-4-8-23-14/h2-9H,11H2,1H3,(H2,19,20,21,22). The first kappa shape index (κ1) is 14.6. The first-order valence-electron chi connectivity index (χ1n) is 7.13. The van der Waals surface area contributed by atoms with Crippen molar-refractivity contribution in [3.8, 4) is 6.07 Å². The zero-order chi connectivity index (χ0) is 16.1. The van der Waals surface area contributed by atoms with E-state index in [0.29, 0.717) is 29.6 Å². The molecule has 3 aromatic rings. The fraction of sp³-hybridized carbons (Fsp3) is 0.118. The maximum absolute atomic E-state index is 9.15. The molecule has 0 saturated heterocycles. The van der Waals surface area contributed by atoms with Gasteiger partial charge in [0.2, 0.25) is 5.95 Å². The minimum atomic E-state index is 0.498. The highest BCUT2D eigenvalue weighted by atomic mass is 16.3. The molecule has 6 heteroatoms. The molecular formula is C17H15N5O. The summed E-state index contributed by atoms with van der Waals surface area (Å²) in [5, 5.41) is 15.4. The number of nitrogens with zero attached hydrogens (tertiary/aromatic N) is 3. The minimum absolute atomic E-state index is 0.498. The molecule has 1 aromatic carbocycles. The summed E-state index contributed by atoms with van der Waals surface area (Å²) >= 11 is 0. The van der Waals surface area contributed by atoms with Crippen molar-refractivity contribution in [1.29, 1.82) is 5.26 Å². The van der Waals surface area contributed by atoms with Gasteiger partial charge in [-0.25, -0.2) is 4.98 Å². The van der Waals surface area contributed by atoms with Crippen LogP contribution in [-0.2, 0) is 6.54 Å². The Morgan fingerprint density at radius 2 is 2.04 bits per heavy atom. The smallest absolute Gasteiger partial charge is 0.225 e. The van der Waals surface area contributed by atoms with Crippen LogP contribution in [0.4, 0.5) is 17.5 Å². The predicted octanol–water partition coefficient (Wildman–Crippen LogP) is 3.61. The van der Waals surface area contributed by atoms with Gasteiger partial charge in [0.1, 0.15) is 17.6 Å². The van der Waals surface area contributed by atoms with E-state index in [4.69, 9.17) is 9.68 Å². The number of para-hydroxylation sites is 1. The molecule has 0 unspecified atom stereocenters. The Kier molecular flexibility index (Phi) is 4.20. The summed E-state index contributed by atoms with van der Waals surface area (Å²) in [5.41, 5.74) is 2.10. The molecule has 0 saturated carbocycles. The number of hydrogen-bond donors (Lipinski definition) is 2. The molecule has 0 bridgehead atoms. The van der Waals surface area contributed by atoms with Crippen LogP contribution in [-0.4, -0.2) is 9.97 Å². The van der Waals surface area contributed by atoms with E-state index in [1.54, 1.807) is 12.3 Å². The summed E-state index contributed by atoms with van der Waals surface area (Å²) < 4.78 is 5.27. The zero-order valence-corrected chi connectivity index (χ0v) is 12.6. The van der Waals surface area contributed by atoms with Gasteiger partial charge in [0, 0.05) is 11.8 Å². The largest absolute Gasteiger partial charge is 0.467 e. The van der Waals surface area contributed by atoms with Gasteiger partial charge < -0.3 is 15.1 Å². The molecule has 0 fully saturated rings. The summed E-state index contributed by atoms with van der Waals surface area (Å²) in [7, 11) is 0. The molecule has 3 rings (SSSR count). The van der Waals surface area contributed by atoms with Crippen molar-refractivity contribution in [3.05, 3.63) is 65.7 Å². The summed E-state index contributed by atoms with van der Waals surface area (Å²) in [6.45, 7) is 2.39. The summed E-state index contributed by atoms with van der Waals surface area (Å²) in [6, 6.07) is 15.0. The molecule has 0 aliphatic rings. The van der Waals surface area contributed by atoms with Crippen LogP contribution in [0.3, 0.4) is 0 Å². The van der Waals surface area contributed by atoms with Crippen molar-refractivity contribution in [2.45, 2.75) is 13.5 Å². The van der Waals surface area contributed by atoms with E-state index in [0.717, 1.165) is 11.5 Å². The van der Waals surface area contributed by atoms with Gasteiger partial charge in [0.15, 0.2) is 0 Å². The van der Waals surface area contributed by atoms with Crippen molar-refractivity contribution in [2.24, 2.45) is 0 Å². The second-order valence-corrected chi connectivity index (χ2v) is 4.93. The molecule has 2 aromatic heterocycles. The third-order valence-corrected chi connectivity index (χ3v) is 3.17. The monoisotopic (exact) mass is 305 g/mol. The highest BCUT2D eigenvalue weighted by Crippen LogP contribution is 2.20. The predicted molar refractivity (Wildman–Crippen MR) is 87.2 cm³/mol. The zero-order valence-electron chi connectivity index (χ0n) is 12.6. The highest BCUT2D eigenvalue weighted by molar-refractivity contribution is 5.65. The van der Waals surface area contributed by atoms with Gasteiger partial charge in [-0.3, -0.25) is 0 Å². The second kappa shape index (κ2) is 6.62. The Morgan fingerprint density at radius 1 is 1.17 bits per heavy atom. The number of aryl methyl sites for hydroxylation is 1. The molecule has 0 radical (unpaired) electrons. The van der Waals surface area contributed by atoms with E-state index in [9.17, 15) is 0 Å². The molecule has 6 nitrogen and oxygen atoms in total. The molecule has 0 amide bonds. The maximum atomic E-state index is 9.15. The van der Waals surface area contributed by atoms with E-state index >= 15 is 0 Å². The van der Waals surface area contributed by atoms with Crippen LogP contribution in [0.5, 0.6) is 0 Å². The van der Waals surface area contributed by atoms with E-state index < -0.39 is 0 Å². The molecule has 2 heterocycles. The molecule has 0 aliphatic heterocycles. The maximum Gasteiger partial charge on any atom is 0.225 e. The quantitative estimate of drug-likeness (QED) is 0.749. The van der Waals surface area contributed by atoms with Gasteiger partial charge >= 0.3 is 0 Å². The van der Waals surface area contributed by atoms with E-state index in [2.05, 4.69) is 26.7 Å². The molecule has 114 valence electrons. The lowest BCUT2D eigenvalue weighted by molar-refractivity contribution is 0.517. The van der Waals surface area contributed by atoms with Gasteiger partial charge in [-0.2, -0.15) is 10.2 Å². The number of rotatable bonds is 5. The molecular weight excluding hydrogens is 290 g/mol. The summed E-state index contributed by atoms with van der Waals surface area (Å²) in [4.78, 5) is 8.77. The molecule has 0 atom stereocenters. The van der Waals surface area contributed by atoms with E-state index in [-0.39, 0.29) is 0 Å². The molecule has 0 aliphatic carbocycles. The van der Waals surface area contributed by atoms with Gasteiger partial charge in [0.05, 0.1) is 24.1 Å². The van der Waals surface area contributed by atoms with Crippen molar-refractivity contribution < 1.29 is 4.42 Å². The molecule has 0 spiro atoms. The van der Waals surface area contributed by atoms with Crippen LogP contribution in [0.25, 0.3) is 0 Å². The van der Waals surface area contributed by atoms with Crippen molar-refractivity contribution in [3.63, 3.8) is 0 Å². The minimum Gasteiger partial charge on any atom is -0.467 e. The third kappa shape index (κ3) is 3.66. The lowest BCUT2D eigenvalue weighted by Gasteiger charge is -2.10. The first-order chi connectivity index (χ1) is 11.2. The Morgan fingerprint density at radius 3 is 2.83 bits per heavy atom. The van der Waals surface area contributed by atoms with Crippen molar-refractivity contribution >= 4 is 17.5 Å². The van der Waals surface area contributed by atoms with Gasteiger partial charge in [-0.05, 0) is 31.2 Å². The summed E-state index contributed by atoms with van der Waals surface area (Å²) in [6.07, 6.45) is 1.62. The number of nitrogens with one attached hydrogen (secondary N) is 2. The Bertz CT molecular complexity index is 836. The average molecular weight is 305 g/mol. The van der Waals surface area contributed by atoms with Gasteiger partial charge in [-0.15, -0.1) is 0 Å². The topological polar surface area (TPSA) is 86.8 Å². The number of furan rings is 1. The number of aromatic nitrogens is 2. The summed E-state index contributed by atoms with van der Waals surface area (Å²) in [5.74, 6) is 1.93. The van der Waals surface area contributed by atoms with Crippen molar-refractivity contribution in [2.75, 3.05) is 10.6 Å². The Labute approximate surface area is 133 Å². The molecule has 23 heavy (non-hydrogen) atoms. The van der Waals surface area contributed by atoms with Crippen LogP contribution < -0.4 is 10.6 Å². The van der Waals surface area contributed by atoms with Crippen LogP contribution in [0, 0.1) is 18.3 Å². The normalized spacial score (nSPS) is 10.1. The van der Waals surface area contributed by atoms with Crippen LogP contribution in [0.15, 0.2) is 53.1 Å². The Balaban J connectivity index is 1.79. The number of nitriles is 1. The molecule has 2 N–H and O–H groups in total.